The number of nitrogens with zero attached hydrogens (tertiary/aromatic N) is 2. The molecule has 8 nitrogen and oxygen atoms in total. The van der Waals surface area contributed by atoms with E-state index in [1.807, 2.05) is 60.7 Å². The molecule has 2 aromatic heterocycles. The monoisotopic (exact) mass is 509 g/mol. The molecule has 0 aliphatic rings. The molecule has 2 heterocycles. The van der Waals surface area contributed by atoms with E-state index in [1.54, 1.807) is 24.5 Å². The van der Waals surface area contributed by atoms with E-state index in [9.17, 15) is 13.5 Å². The van der Waals surface area contributed by atoms with Crippen molar-refractivity contribution >= 4 is 38.7 Å². The first kappa shape index (κ1) is 24.8. The molecule has 0 amide bonds. The summed E-state index contributed by atoms with van der Waals surface area (Å²) in [6.07, 6.45) is 1.17. The minimum absolute atomic E-state index is 0.0418. The smallest absolute Gasteiger partial charge is 0.227 e. The van der Waals surface area contributed by atoms with Gasteiger partial charge >= 0.3 is 0 Å². The molecule has 0 saturated carbocycles. The SMILES string of the molecule is CNS(=O)(=O)Cc1ccc(NCc2ccc(-c3ccnc(Nc4cccc(C(C)O)c4)n3)s2)cc1. The van der Waals surface area contributed by atoms with Crippen LogP contribution in [0.25, 0.3) is 10.6 Å². The van der Waals surface area contributed by atoms with Crippen LogP contribution in [0.4, 0.5) is 17.3 Å². The van der Waals surface area contributed by atoms with Crippen molar-refractivity contribution in [1.82, 2.24) is 14.7 Å². The van der Waals surface area contributed by atoms with Crippen LogP contribution in [0, 0.1) is 0 Å². The van der Waals surface area contributed by atoms with Gasteiger partial charge in [0.25, 0.3) is 0 Å². The minimum Gasteiger partial charge on any atom is -0.389 e. The van der Waals surface area contributed by atoms with Crippen LogP contribution in [0.5, 0.6) is 0 Å². The number of benzene rings is 2. The van der Waals surface area contributed by atoms with Crippen LogP contribution in [-0.4, -0.2) is 30.5 Å². The molecule has 4 aromatic rings. The Hall–Kier alpha value is -3.31. The molecular weight excluding hydrogens is 482 g/mol. The lowest BCUT2D eigenvalue weighted by Crippen LogP contribution is -2.20. The van der Waals surface area contributed by atoms with Crippen molar-refractivity contribution in [3.05, 3.63) is 88.9 Å². The highest BCUT2D eigenvalue weighted by molar-refractivity contribution is 7.88. The van der Waals surface area contributed by atoms with Crippen molar-refractivity contribution in [2.24, 2.45) is 0 Å². The Bertz CT molecular complexity index is 1390. The van der Waals surface area contributed by atoms with E-state index >= 15 is 0 Å². The lowest BCUT2D eigenvalue weighted by Gasteiger charge is -2.09. The lowest BCUT2D eigenvalue weighted by atomic mass is 10.1. The van der Waals surface area contributed by atoms with Crippen molar-refractivity contribution < 1.29 is 13.5 Å². The highest BCUT2D eigenvalue weighted by Crippen LogP contribution is 2.28. The summed E-state index contributed by atoms with van der Waals surface area (Å²) in [4.78, 5) is 11.1. The van der Waals surface area contributed by atoms with Crippen molar-refractivity contribution in [3.8, 4) is 10.6 Å². The number of rotatable bonds is 10. The Morgan fingerprint density at radius 1 is 1.03 bits per heavy atom. The molecule has 0 aliphatic carbocycles. The largest absolute Gasteiger partial charge is 0.389 e. The van der Waals surface area contributed by atoms with Crippen LogP contribution in [0.1, 0.15) is 29.0 Å². The first-order chi connectivity index (χ1) is 16.8. The second-order valence-electron chi connectivity index (χ2n) is 7.97. The number of aromatic nitrogens is 2. The van der Waals surface area contributed by atoms with E-state index in [0.29, 0.717) is 12.5 Å². The Morgan fingerprint density at radius 3 is 2.57 bits per heavy atom. The van der Waals surface area contributed by atoms with Crippen LogP contribution in [0.2, 0.25) is 0 Å². The van der Waals surface area contributed by atoms with Gasteiger partial charge in [-0.3, -0.25) is 0 Å². The Balaban J connectivity index is 1.38. The Morgan fingerprint density at radius 2 is 1.83 bits per heavy atom. The van der Waals surface area contributed by atoms with E-state index in [4.69, 9.17) is 0 Å². The number of sulfonamides is 1. The lowest BCUT2D eigenvalue weighted by molar-refractivity contribution is 0.199. The maximum atomic E-state index is 11.7. The molecule has 4 rings (SSSR count). The second kappa shape index (κ2) is 11.0. The predicted molar refractivity (Wildman–Crippen MR) is 141 cm³/mol. The number of hydrogen-bond donors (Lipinski definition) is 4. The summed E-state index contributed by atoms with van der Waals surface area (Å²) >= 11 is 1.64. The maximum Gasteiger partial charge on any atom is 0.227 e. The second-order valence-corrected chi connectivity index (χ2v) is 11.1. The molecular formula is C25H27N5O3S2. The fraction of sp³-hybridized carbons (Fsp3) is 0.200. The third-order valence-electron chi connectivity index (χ3n) is 5.28. The van der Waals surface area contributed by atoms with Gasteiger partial charge in [-0.2, -0.15) is 0 Å². The van der Waals surface area contributed by atoms with Gasteiger partial charge in [0.15, 0.2) is 0 Å². The third-order valence-corrected chi connectivity index (χ3v) is 7.73. The summed E-state index contributed by atoms with van der Waals surface area (Å²) in [6.45, 7) is 2.37. The fourth-order valence-electron chi connectivity index (χ4n) is 3.37. The van der Waals surface area contributed by atoms with Gasteiger partial charge in [0, 0.05) is 29.0 Å². The number of hydrogen-bond acceptors (Lipinski definition) is 8. The van der Waals surface area contributed by atoms with Gasteiger partial charge in [-0.05, 0) is 67.6 Å². The molecule has 0 bridgehead atoms. The van der Waals surface area contributed by atoms with Crippen LogP contribution in [0.15, 0.2) is 72.9 Å². The van der Waals surface area contributed by atoms with Gasteiger partial charge in [0.05, 0.1) is 22.4 Å². The van der Waals surface area contributed by atoms with Gasteiger partial charge < -0.3 is 15.7 Å². The maximum absolute atomic E-state index is 11.7. The summed E-state index contributed by atoms with van der Waals surface area (Å²) in [5.74, 6) is 0.443. The zero-order chi connectivity index (χ0) is 24.8. The molecule has 1 unspecified atom stereocenters. The number of anilines is 3. The first-order valence-electron chi connectivity index (χ1n) is 11.0. The minimum atomic E-state index is -3.28. The van der Waals surface area contributed by atoms with Gasteiger partial charge in [-0.15, -0.1) is 11.3 Å². The number of aliphatic hydroxyl groups excluding tert-OH is 1. The molecule has 0 aliphatic heterocycles. The van der Waals surface area contributed by atoms with Gasteiger partial charge in [0.1, 0.15) is 0 Å². The summed E-state index contributed by atoms with van der Waals surface area (Å²) in [6, 6.07) is 20.9. The summed E-state index contributed by atoms with van der Waals surface area (Å²) < 4.78 is 25.7. The highest BCUT2D eigenvalue weighted by Gasteiger charge is 2.10. The van der Waals surface area contributed by atoms with Gasteiger partial charge in [0.2, 0.25) is 16.0 Å². The standard InChI is InChI=1S/C25H27N5O3S2/c1-17(31)19-4-3-5-21(14-19)29-25-27-13-12-23(30-25)24-11-10-22(34-24)15-28-20-8-6-18(7-9-20)16-35(32,33)26-2/h3-14,17,26,28,31H,15-16H2,1-2H3,(H,27,29,30). The average Bonchev–Trinajstić information content (AvgIpc) is 3.33. The third kappa shape index (κ3) is 6.86. The van der Waals surface area contributed by atoms with Crippen LogP contribution < -0.4 is 15.4 Å². The Labute approximate surface area is 209 Å². The molecule has 35 heavy (non-hydrogen) atoms. The fourth-order valence-corrected chi connectivity index (χ4v) is 5.06. The molecule has 10 heteroatoms. The molecule has 2 aromatic carbocycles. The Kier molecular flexibility index (Phi) is 7.76. The molecule has 182 valence electrons. The summed E-state index contributed by atoms with van der Waals surface area (Å²) in [5.41, 5.74) is 4.10. The molecule has 0 saturated heterocycles. The summed E-state index contributed by atoms with van der Waals surface area (Å²) in [7, 11) is -1.87. The van der Waals surface area contributed by atoms with E-state index in [2.05, 4.69) is 31.4 Å². The quantitative estimate of drug-likeness (QED) is 0.246. The molecule has 1 atom stereocenters. The first-order valence-corrected chi connectivity index (χ1v) is 13.5. The normalized spacial score (nSPS) is 12.3. The molecule has 0 spiro atoms. The van der Waals surface area contributed by atoms with E-state index in [0.717, 1.165) is 37.9 Å². The van der Waals surface area contributed by atoms with Crippen molar-refractivity contribution in [2.45, 2.75) is 25.3 Å². The zero-order valence-electron chi connectivity index (χ0n) is 19.4. The highest BCUT2D eigenvalue weighted by atomic mass is 32.2. The van der Waals surface area contributed by atoms with Crippen LogP contribution in [-0.2, 0) is 22.3 Å². The topological polar surface area (TPSA) is 116 Å². The predicted octanol–water partition coefficient (Wildman–Crippen LogP) is 4.66. The van der Waals surface area contributed by atoms with Crippen LogP contribution in [0.3, 0.4) is 0 Å². The molecule has 0 radical (unpaired) electrons. The summed E-state index contributed by atoms with van der Waals surface area (Å²) in [5, 5.41) is 16.4. The van der Waals surface area contributed by atoms with E-state index in [-0.39, 0.29) is 5.75 Å². The zero-order valence-corrected chi connectivity index (χ0v) is 21.0. The van der Waals surface area contributed by atoms with Crippen molar-refractivity contribution in [2.75, 3.05) is 17.7 Å². The van der Waals surface area contributed by atoms with Gasteiger partial charge in [-0.25, -0.2) is 23.1 Å². The molecule has 0 fully saturated rings. The van der Waals surface area contributed by atoms with Crippen molar-refractivity contribution in [1.29, 1.82) is 0 Å². The average molecular weight is 510 g/mol. The van der Waals surface area contributed by atoms with E-state index in [1.165, 1.54) is 7.05 Å². The van der Waals surface area contributed by atoms with Crippen molar-refractivity contribution in [3.63, 3.8) is 0 Å². The number of thiophene rings is 1. The van der Waals surface area contributed by atoms with Crippen LogP contribution >= 0.6 is 11.3 Å². The number of aliphatic hydroxyl groups is 1. The van der Waals surface area contributed by atoms with Gasteiger partial charge in [-0.1, -0.05) is 24.3 Å². The number of nitrogens with one attached hydrogen (secondary N) is 3. The van der Waals surface area contributed by atoms with E-state index < -0.39 is 16.1 Å². The molecule has 4 N–H and O–H groups in total.